The summed E-state index contributed by atoms with van der Waals surface area (Å²) < 4.78 is 26.1. The van der Waals surface area contributed by atoms with Gasteiger partial charge < -0.3 is 10.2 Å². The first kappa shape index (κ1) is 16.1. The molecule has 1 fully saturated rings. The highest BCUT2D eigenvalue weighted by atomic mass is 19.2. The number of hydrogen-bond acceptors (Lipinski definition) is 2. The summed E-state index contributed by atoms with van der Waals surface area (Å²) in [7, 11) is 0. The second-order valence-electron chi connectivity index (χ2n) is 5.23. The second kappa shape index (κ2) is 7.15. The third kappa shape index (κ3) is 3.69. The van der Waals surface area contributed by atoms with E-state index >= 15 is 0 Å². The van der Waals surface area contributed by atoms with Gasteiger partial charge in [-0.1, -0.05) is 6.08 Å². The summed E-state index contributed by atoms with van der Waals surface area (Å²) in [6.45, 7) is 4.80. The Kier molecular flexibility index (Phi) is 5.25. The fourth-order valence-electron chi connectivity index (χ4n) is 2.47. The van der Waals surface area contributed by atoms with Crippen LogP contribution in [-0.2, 0) is 4.79 Å². The van der Waals surface area contributed by atoms with Crippen LogP contribution in [0.15, 0.2) is 30.9 Å². The first-order valence-electron chi connectivity index (χ1n) is 7.16. The van der Waals surface area contributed by atoms with Gasteiger partial charge in [-0.15, -0.1) is 6.58 Å². The van der Waals surface area contributed by atoms with E-state index < -0.39 is 11.6 Å². The van der Waals surface area contributed by atoms with Crippen molar-refractivity contribution in [2.45, 2.75) is 12.8 Å². The molecule has 0 atom stereocenters. The summed E-state index contributed by atoms with van der Waals surface area (Å²) in [4.78, 5) is 25.6. The summed E-state index contributed by atoms with van der Waals surface area (Å²) in [5, 5.41) is 2.74. The minimum atomic E-state index is -1.04. The molecule has 0 aromatic heterocycles. The summed E-state index contributed by atoms with van der Waals surface area (Å²) in [5.41, 5.74) is 0.119. The first-order chi connectivity index (χ1) is 10.5. The lowest BCUT2D eigenvalue weighted by atomic mass is 9.95. The molecular formula is C16H18F2N2O2. The number of amides is 2. The molecule has 118 valence electrons. The first-order valence-corrected chi connectivity index (χ1v) is 7.16. The molecule has 1 aliphatic heterocycles. The Hall–Kier alpha value is -2.24. The topological polar surface area (TPSA) is 49.4 Å². The molecule has 1 saturated heterocycles. The molecular weight excluding hydrogens is 290 g/mol. The molecule has 1 heterocycles. The zero-order chi connectivity index (χ0) is 16.1. The van der Waals surface area contributed by atoms with Crippen molar-refractivity contribution in [3.05, 3.63) is 48.1 Å². The smallest absolute Gasteiger partial charge is 0.253 e. The van der Waals surface area contributed by atoms with Crippen LogP contribution in [0, 0.1) is 17.6 Å². The fraction of sp³-hybridized carbons (Fsp3) is 0.375. The zero-order valence-electron chi connectivity index (χ0n) is 12.1. The van der Waals surface area contributed by atoms with Crippen molar-refractivity contribution < 1.29 is 18.4 Å². The van der Waals surface area contributed by atoms with Gasteiger partial charge in [0.25, 0.3) is 5.91 Å². The van der Waals surface area contributed by atoms with E-state index in [4.69, 9.17) is 0 Å². The Bertz CT molecular complexity index is 582. The highest BCUT2D eigenvalue weighted by Gasteiger charge is 2.27. The monoisotopic (exact) mass is 308 g/mol. The van der Waals surface area contributed by atoms with Crippen molar-refractivity contribution in [3.8, 4) is 0 Å². The van der Waals surface area contributed by atoms with E-state index in [0.717, 1.165) is 12.1 Å². The highest BCUT2D eigenvalue weighted by molar-refractivity contribution is 5.94. The number of benzene rings is 1. The molecule has 1 aliphatic rings. The second-order valence-corrected chi connectivity index (χ2v) is 5.23. The largest absolute Gasteiger partial charge is 0.352 e. The van der Waals surface area contributed by atoms with E-state index in [1.807, 2.05) is 0 Å². The molecule has 2 amide bonds. The molecule has 0 bridgehead atoms. The standard InChI is InChI=1S/C16H18F2N2O2/c1-2-7-19-15(21)11-5-8-20(9-6-11)16(22)12-3-4-13(17)14(18)10-12/h2-4,10-11H,1,5-9H2,(H,19,21). The van der Waals surface area contributed by atoms with Crippen molar-refractivity contribution in [3.63, 3.8) is 0 Å². The predicted molar refractivity (Wildman–Crippen MR) is 78.2 cm³/mol. The van der Waals surface area contributed by atoms with Gasteiger partial charge in [-0.25, -0.2) is 8.78 Å². The third-order valence-corrected chi connectivity index (χ3v) is 3.74. The van der Waals surface area contributed by atoms with E-state index in [9.17, 15) is 18.4 Å². The minimum Gasteiger partial charge on any atom is -0.352 e. The van der Waals surface area contributed by atoms with E-state index in [0.29, 0.717) is 32.5 Å². The molecule has 1 aromatic carbocycles. The van der Waals surface area contributed by atoms with Crippen LogP contribution in [-0.4, -0.2) is 36.3 Å². The van der Waals surface area contributed by atoms with Crippen LogP contribution in [0.3, 0.4) is 0 Å². The Morgan fingerprint density at radius 3 is 2.55 bits per heavy atom. The number of nitrogens with zero attached hydrogens (tertiary/aromatic N) is 1. The van der Waals surface area contributed by atoms with Crippen LogP contribution in [0.4, 0.5) is 8.78 Å². The maximum atomic E-state index is 13.2. The molecule has 0 unspecified atom stereocenters. The lowest BCUT2D eigenvalue weighted by Crippen LogP contribution is -2.43. The quantitative estimate of drug-likeness (QED) is 0.866. The van der Waals surface area contributed by atoms with Crippen molar-refractivity contribution in [1.29, 1.82) is 0 Å². The van der Waals surface area contributed by atoms with Crippen LogP contribution in [0.2, 0.25) is 0 Å². The van der Waals surface area contributed by atoms with Crippen molar-refractivity contribution in [2.75, 3.05) is 19.6 Å². The van der Waals surface area contributed by atoms with Gasteiger partial charge in [0, 0.05) is 31.1 Å². The Balaban J connectivity index is 1.93. The van der Waals surface area contributed by atoms with Gasteiger partial charge in [-0.05, 0) is 31.0 Å². The molecule has 1 N–H and O–H groups in total. The van der Waals surface area contributed by atoms with Crippen LogP contribution in [0.1, 0.15) is 23.2 Å². The van der Waals surface area contributed by atoms with Gasteiger partial charge in [0.05, 0.1) is 0 Å². The number of hydrogen-bond donors (Lipinski definition) is 1. The molecule has 22 heavy (non-hydrogen) atoms. The summed E-state index contributed by atoms with van der Waals surface area (Å²) in [6, 6.07) is 3.11. The zero-order valence-corrected chi connectivity index (χ0v) is 12.1. The van der Waals surface area contributed by atoms with Gasteiger partial charge >= 0.3 is 0 Å². The molecule has 6 heteroatoms. The summed E-state index contributed by atoms with van der Waals surface area (Å²) in [5.74, 6) is -2.53. The van der Waals surface area contributed by atoms with Crippen molar-refractivity contribution >= 4 is 11.8 Å². The Labute approximate surface area is 127 Å². The van der Waals surface area contributed by atoms with Crippen LogP contribution < -0.4 is 5.32 Å². The number of halogens is 2. The fourth-order valence-corrected chi connectivity index (χ4v) is 2.47. The lowest BCUT2D eigenvalue weighted by molar-refractivity contribution is -0.126. The predicted octanol–water partition coefficient (Wildman–Crippen LogP) is 2.12. The van der Waals surface area contributed by atoms with Gasteiger partial charge in [-0.3, -0.25) is 9.59 Å². The molecule has 1 aromatic rings. The highest BCUT2D eigenvalue weighted by Crippen LogP contribution is 2.20. The number of nitrogens with one attached hydrogen (secondary N) is 1. The molecule has 0 spiro atoms. The Morgan fingerprint density at radius 2 is 1.95 bits per heavy atom. The normalized spacial score (nSPS) is 15.5. The minimum absolute atomic E-state index is 0.0418. The molecule has 4 nitrogen and oxygen atoms in total. The number of piperidine rings is 1. The van der Waals surface area contributed by atoms with Gasteiger partial charge in [0.2, 0.25) is 5.91 Å². The van der Waals surface area contributed by atoms with Crippen LogP contribution >= 0.6 is 0 Å². The maximum absolute atomic E-state index is 13.2. The van der Waals surface area contributed by atoms with Crippen molar-refractivity contribution in [1.82, 2.24) is 10.2 Å². The van der Waals surface area contributed by atoms with Crippen molar-refractivity contribution in [2.24, 2.45) is 5.92 Å². The number of carbonyl (C=O) groups is 2. The molecule has 0 saturated carbocycles. The van der Waals surface area contributed by atoms with Gasteiger partial charge in [0.15, 0.2) is 11.6 Å². The van der Waals surface area contributed by atoms with E-state index in [1.165, 1.54) is 6.07 Å². The number of likely N-dealkylation sites (tertiary alicyclic amines) is 1. The lowest BCUT2D eigenvalue weighted by Gasteiger charge is -2.31. The maximum Gasteiger partial charge on any atom is 0.253 e. The van der Waals surface area contributed by atoms with E-state index in [-0.39, 0.29) is 23.3 Å². The average molecular weight is 308 g/mol. The average Bonchev–Trinajstić information content (AvgIpc) is 2.54. The molecule has 2 rings (SSSR count). The van der Waals surface area contributed by atoms with E-state index in [2.05, 4.69) is 11.9 Å². The van der Waals surface area contributed by atoms with Crippen LogP contribution in [0.5, 0.6) is 0 Å². The summed E-state index contributed by atoms with van der Waals surface area (Å²) >= 11 is 0. The van der Waals surface area contributed by atoms with E-state index in [1.54, 1.807) is 11.0 Å². The van der Waals surface area contributed by atoms with Crippen LogP contribution in [0.25, 0.3) is 0 Å². The van der Waals surface area contributed by atoms with Gasteiger partial charge in [-0.2, -0.15) is 0 Å². The third-order valence-electron chi connectivity index (χ3n) is 3.74. The number of carbonyl (C=O) groups excluding carboxylic acids is 2. The SMILES string of the molecule is C=CCNC(=O)C1CCN(C(=O)c2ccc(F)c(F)c2)CC1. The number of rotatable bonds is 4. The Morgan fingerprint density at radius 1 is 1.27 bits per heavy atom. The summed E-state index contributed by atoms with van der Waals surface area (Å²) in [6.07, 6.45) is 2.72. The van der Waals surface area contributed by atoms with Gasteiger partial charge in [0.1, 0.15) is 0 Å². The molecule has 0 aliphatic carbocycles. The molecule has 0 radical (unpaired) electrons.